The van der Waals surface area contributed by atoms with E-state index in [0.717, 1.165) is 0 Å². The van der Waals surface area contributed by atoms with Gasteiger partial charge in [0.1, 0.15) is 57.0 Å². The average molecular weight is 1430 g/mol. The van der Waals surface area contributed by atoms with Crippen molar-refractivity contribution in [3.63, 3.8) is 0 Å². The molecular formula is C62H111N7O30. The number of ether oxygens (including phenoxy) is 12. The second kappa shape index (κ2) is 52.0. The number of carbonyl (C=O) groups is 8. The molecule has 3 fully saturated rings. The van der Waals surface area contributed by atoms with E-state index in [1.54, 1.807) is 0 Å². The van der Waals surface area contributed by atoms with Crippen LogP contribution in [0.2, 0.25) is 0 Å². The molecule has 3 saturated carbocycles. The molecule has 0 heterocycles. The molecular weight excluding hydrogens is 1320 g/mol. The van der Waals surface area contributed by atoms with Crippen LogP contribution in [0.4, 0.5) is 0 Å². The number of rotatable bonds is 55. The molecule has 0 unspecified atom stereocenters. The average Bonchev–Trinajstić information content (AvgIpc) is 0.825. The van der Waals surface area contributed by atoms with Gasteiger partial charge in [-0.05, 0) is 57.8 Å². The maximum absolute atomic E-state index is 13.6. The quantitative estimate of drug-likeness (QED) is 0.0199. The number of aliphatic hydroxyl groups excluding tert-OH is 9. The van der Waals surface area contributed by atoms with E-state index in [0.29, 0.717) is 19.3 Å². The van der Waals surface area contributed by atoms with Gasteiger partial charge in [-0.3, -0.25) is 33.6 Å². The van der Waals surface area contributed by atoms with Crippen LogP contribution in [0.25, 0.3) is 0 Å². The summed E-state index contributed by atoms with van der Waals surface area (Å²) in [4.78, 5) is 99.0. The molecule has 0 aromatic heterocycles. The molecule has 0 spiro atoms. The first-order chi connectivity index (χ1) is 47.5. The van der Waals surface area contributed by atoms with Gasteiger partial charge >= 0.3 is 5.97 Å². The Labute approximate surface area is 575 Å². The molecule has 99 heavy (non-hydrogen) atoms. The number of carboxylic acids is 1. The van der Waals surface area contributed by atoms with Gasteiger partial charge in [-0.15, -0.1) is 0 Å². The second-order valence-corrected chi connectivity index (χ2v) is 24.1. The predicted molar refractivity (Wildman–Crippen MR) is 341 cm³/mol. The highest BCUT2D eigenvalue weighted by molar-refractivity contribution is 5.90. The molecule has 574 valence electrons. The monoisotopic (exact) mass is 1430 g/mol. The van der Waals surface area contributed by atoms with E-state index < -0.39 is 163 Å². The van der Waals surface area contributed by atoms with Gasteiger partial charge in [0.2, 0.25) is 41.4 Å². The highest BCUT2D eigenvalue weighted by Gasteiger charge is 2.47. The number of carboxylic acid groups (broad SMARTS) is 1. The van der Waals surface area contributed by atoms with E-state index in [1.807, 2.05) is 0 Å². The molecule has 0 aliphatic heterocycles. The summed E-state index contributed by atoms with van der Waals surface area (Å²) in [6.45, 7) is 3.73. The molecule has 37 heteroatoms. The number of nitrogens with one attached hydrogen (secondary N) is 7. The van der Waals surface area contributed by atoms with Crippen LogP contribution in [-0.4, -0.2) is 349 Å². The largest absolute Gasteiger partial charge is 0.480 e. The standard InChI is InChI=1S/C62H111N7O30/c1-38(73)65-52-46(28-41(31-70)55(79)58(52)82)97-26-24-91-14-12-88-16-20-93-34-49(76)63-10-6-4-8-44(68-51(78)36-95-22-18-90-19-23-96-37-99-48-30-43(33-72)57(81)60(84)54(48)67-40(3)75)61(85)69-45(62(86)87)9-5-7-11-64-50(77)35-94-21-17-89-13-15-92-25-27-98-47-29-42(32-71)56(80)59(83)53(47)66-39(2)74/h41-48,52-60,70-72,79-84H,4-37H2,1-3H3,(H,63,76)(H,64,77)(H,65,73)(H,66,74)(H,67,75)(H,68,78)(H,69,85)(H,86,87)/t41-,42-,43-,44+,45+,46-,47-,48-,52+,53+,54+,55+,56+,57+,58-,59-,60-/m1/s1. The number of carbonyl (C=O) groups excluding carboxylic acids is 7. The van der Waals surface area contributed by atoms with Gasteiger partial charge in [-0.1, -0.05) is 0 Å². The Bertz CT molecular complexity index is 2290. The zero-order chi connectivity index (χ0) is 72.9. The molecule has 7 amide bonds. The van der Waals surface area contributed by atoms with Crippen molar-refractivity contribution in [2.75, 3.05) is 165 Å². The van der Waals surface area contributed by atoms with Crippen molar-refractivity contribution in [1.82, 2.24) is 37.2 Å². The summed E-state index contributed by atoms with van der Waals surface area (Å²) in [5.41, 5.74) is 0. The second-order valence-electron chi connectivity index (χ2n) is 24.1. The van der Waals surface area contributed by atoms with E-state index in [2.05, 4.69) is 37.2 Å². The topological polar surface area (TPSA) is 534 Å². The lowest BCUT2D eigenvalue weighted by Crippen LogP contribution is -2.61. The molecule has 0 saturated heterocycles. The zero-order valence-electron chi connectivity index (χ0n) is 57.0. The SMILES string of the molecule is CC(=O)N[C@@H]1[C@@H](O)[C@@H](O)[C@@H](CO)C[C@H]1OCCOCCOCCOCC(=O)NCCCC[C@H](NC(=O)[C@H](CCCCNC(=O)COCCOCCOCCO[C@@H]1C[C@H](CO)[C@H](O)[C@H](O)[C@H]1NC(C)=O)NC(=O)COCCOCCOCO[C@@H]1C[C@H](CO)[C@H](O)[C@H](O)[C@H]1NC(C)=O)C(=O)O. The Hall–Kier alpha value is -5.08. The minimum Gasteiger partial charge on any atom is -0.480 e. The van der Waals surface area contributed by atoms with Crippen LogP contribution >= 0.6 is 0 Å². The highest BCUT2D eigenvalue weighted by atomic mass is 16.7. The first-order valence-corrected chi connectivity index (χ1v) is 33.7. The van der Waals surface area contributed by atoms with Gasteiger partial charge in [-0.2, -0.15) is 0 Å². The van der Waals surface area contributed by atoms with Gasteiger partial charge in [0.15, 0.2) is 0 Å². The number of amides is 7. The Morgan fingerprint density at radius 1 is 0.374 bits per heavy atom. The molecule has 37 nitrogen and oxygen atoms in total. The highest BCUT2D eigenvalue weighted by Crippen LogP contribution is 2.30. The summed E-state index contributed by atoms with van der Waals surface area (Å²) in [6, 6.07) is -5.23. The van der Waals surface area contributed by atoms with Crippen LogP contribution in [0.5, 0.6) is 0 Å². The summed E-state index contributed by atoms with van der Waals surface area (Å²) >= 11 is 0. The van der Waals surface area contributed by atoms with E-state index in [9.17, 15) is 89.4 Å². The molecule has 17 atom stereocenters. The third kappa shape index (κ3) is 36.1. The lowest BCUT2D eigenvalue weighted by Gasteiger charge is -2.42. The lowest BCUT2D eigenvalue weighted by atomic mass is 9.79. The fourth-order valence-electron chi connectivity index (χ4n) is 11.2. The fourth-order valence-corrected chi connectivity index (χ4v) is 11.2. The normalized spacial score (nSPS) is 26.0. The fraction of sp³-hybridized carbons (Fsp3) is 0.871. The van der Waals surface area contributed by atoms with Crippen molar-refractivity contribution in [3.05, 3.63) is 0 Å². The molecule has 3 aliphatic carbocycles. The van der Waals surface area contributed by atoms with Crippen molar-refractivity contribution in [2.45, 2.75) is 164 Å². The van der Waals surface area contributed by atoms with Gasteiger partial charge in [-0.25, -0.2) is 4.79 Å². The number of hydrogen-bond donors (Lipinski definition) is 17. The predicted octanol–water partition coefficient (Wildman–Crippen LogP) is -7.41. The van der Waals surface area contributed by atoms with E-state index in [1.165, 1.54) is 20.8 Å². The first kappa shape index (κ1) is 88.1. The smallest absolute Gasteiger partial charge is 0.326 e. The third-order valence-corrected chi connectivity index (χ3v) is 16.4. The van der Waals surface area contributed by atoms with Crippen molar-refractivity contribution < 1.29 is 146 Å². The molecule has 3 rings (SSSR count). The minimum absolute atomic E-state index is 0.0204. The molecule has 0 bridgehead atoms. The lowest BCUT2D eigenvalue weighted by molar-refractivity contribution is -0.170. The molecule has 3 aliphatic rings. The van der Waals surface area contributed by atoms with Gasteiger partial charge < -0.3 is 145 Å². The molecule has 0 aromatic carbocycles. The van der Waals surface area contributed by atoms with Gasteiger partial charge in [0.25, 0.3) is 0 Å². The maximum atomic E-state index is 13.6. The van der Waals surface area contributed by atoms with Crippen molar-refractivity contribution in [2.24, 2.45) is 17.8 Å². The van der Waals surface area contributed by atoms with Crippen LogP contribution in [0.3, 0.4) is 0 Å². The number of aliphatic carboxylic acids is 1. The number of unbranched alkanes of at least 4 members (excludes halogenated alkanes) is 2. The van der Waals surface area contributed by atoms with Crippen molar-refractivity contribution in [1.29, 1.82) is 0 Å². The zero-order valence-corrected chi connectivity index (χ0v) is 57.0. The maximum Gasteiger partial charge on any atom is 0.326 e. The first-order valence-electron chi connectivity index (χ1n) is 33.7. The van der Waals surface area contributed by atoms with Gasteiger partial charge in [0.05, 0.1) is 160 Å². The van der Waals surface area contributed by atoms with Crippen LogP contribution in [0.1, 0.15) is 78.6 Å². The van der Waals surface area contributed by atoms with E-state index in [4.69, 9.17) is 56.8 Å². The van der Waals surface area contributed by atoms with Crippen LogP contribution in [0.15, 0.2) is 0 Å². The Balaban J connectivity index is 1.34. The van der Waals surface area contributed by atoms with Crippen LogP contribution < -0.4 is 37.2 Å². The molecule has 0 aromatic rings. The summed E-state index contributed by atoms with van der Waals surface area (Å²) in [6.07, 6.45) is -7.93. The summed E-state index contributed by atoms with van der Waals surface area (Å²) in [7, 11) is 0. The third-order valence-electron chi connectivity index (χ3n) is 16.4. The van der Waals surface area contributed by atoms with E-state index in [-0.39, 0.29) is 191 Å². The number of hydrogen-bond acceptors (Lipinski definition) is 29. The Kier molecular flexibility index (Phi) is 46.3. The Morgan fingerprint density at radius 2 is 0.687 bits per heavy atom. The van der Waals surface area contributed by atoms with Crippen LogP contribution in [-0.2, 0) is 95.2 Å². The summed E-state index contributed by atoms with van der Waals surface area (Å²) < 4.78 is 66.4. The summed E-state index contributed by atoms with van der Waals surface area (Å²) in [5.74, 6) is -6.83. The summed E-state index contributed by atoms with van der Waals surface area (Å²) in [5, 5.41) is 119. The number of aliphatic hydroxyl groups is 9. The Morgan fingerprint density at radius 3 is 1.03 bits per heavy atom. The van der Waals surface area contributed by atoms with Crippen molar-refractivity contribution >= 4 is 47.3 Å². The molecule has 0 radical (unpaired) electrons. The molecule has 17 N–H and O–H groups in total. The van der Waals surface area contributed by atoms with E-state index >= 15 is 0 Å². The van der Waals surface area contributed by atoms with Crippen LogP contribution in [0, 0.1) is 17.8 Å². The van der Waals surface area contributed by atoms with Crippen molar-refractivity contribution in [3.8, 4) is 0 Å². The minimum atomic E-state index is -1.38. The van der Waals surface area contributed by atoms with Gasteiger partial charge in [0, 0.05) is 71.4 Å².